The van der Waals surface area contributed by atoms with Gasteiger partial charge in [0.25, 0.3) is 0 Å². The Morgan fingerprint density at radius 3 is 2.43 bits per heavy atom. The Labute approximate surface area is 126 Å². The van der Waals surface area contributed by atoms with Gasteiger partial charge in [-0.05, 0) is 36.2 Å². The Morgan fingerprint density at radius 1 is 1.05 bits per heavy atom. The standard InChI is InChI=1S/C18H21NO2/c1-2-3-13-21-17-11-9-16(10-12-17)19-18(20)14-15-7-5-4-6-8-15/h4-12H,2-3,13-14H2,1H3,(H,19,20). The highest BCUT2D eigenvalue weighted by Crippen LogP contribution is 2.16. The first-order valence-corrected chi connectivity index (χ1v) is 7.34. The predicted octanol–water partition coefficient (Wildman–Crippen LogP) is 4.05. The van der Waals surface area contributed by atoms with Crippen molar-refractivity contribution in [1.29, 1.82) is 0 Å². The van der Waals surface area contributed by atoms with Crippen LogP contribution in [0.25, 0.3) is 0 Å². The zero-order valence-corrected chi connectivity index (χ0v) is 12.3. The van der Waals surface area contributed by atoms with Crippen LogP contribution >= 0.6 is 0 Å². The van der Waals surface area contributed by atoms with Crippen molar-refractivity contribution in [2.24, 2.45) is 0 Å². The van der Waals surface area contributed by atoms with Gasteiger partial charge in [0.05, 0.1) is 13.0 Å². The summed E-state index contributed by atoms with van der Waals surface area (Å²) in [6.07, 6.45) is 2.55. The normalized spacial score (nSPS) is 10.1. The first kappa shape index (κ1) is 15.1. The fraction of sp³-hybridized carbons (Fsp3) is 0.278. The summed E-state index contributed by atoms with van der Waals surface area (Å²) >= 11 is 0. The molecule has 0 unspecified atom stereocenters. The summed E-state index contributed by atoms with van der Waals surface area (Å²) in [5.41, 5.74) is 1.80. The first-order valence-electron chi connectivity index (χ1n) is 7.34. The van der Waals surface area contributed by atoms with Gasteiger partial charge in [-0.3, -0.25) is 4.79 Å². The number of benzene rings is 2. The number of carbonyl (C=O) groups excluding carboxylic acids is 1. The van der Waals surface area contributed by atoms with Crippen LogP contribution < -0.4 is 10.1 Å². The molecular weight excluding hydrogens is 262 g/mol. The fourth-order valence-electron chi connectivity index (χ4n) is 1.96. The fourth-order valence-corrected chi connectivity index (χ4v) is 1.96. The number of anilines is 1. The molecule has 0 aliphatic rings. The molecule has 0 atom stereocenters. The van der Waals surface area contributed by atoms with Gasteiger partial charge >= 0.3 is 0 Å². The number of nitrogens with one attached hydrogen (secondary N) is 1. The molecule has 0 fully saturated rings. The third-order valence-corrected chi connectivity index (χ3v) is 3.11. The van der Waals surface area contributed by atoms with E-state index in [1.807, 2.05) is 54.6 Å². The highest BCUT2D eigenvalue weighted by molar-refractivity contribution is 5.92. The van der Waals surface area contributed by atoms with Crippen molar-refractivity contribution in [3.63, 3.8) is 0 Å². The largest absolute Gasteiger partial charge is 0.494 e. The Morgan fingerprint density at radius 2 is 1.76 bits per heavy atom. The van der Waals surface area contributed by atoms with Gasteiger partial charge in [0, 0.05) is 5.69 Å². The monoisotopic (exact) mass is 283 g/mol. The highest BCUT2D eigenvalue weighted by Gasteiger charge is 2.04. The van der Waals surface area contributed by atoms with E-state index in [1.54, 1.807) is 0 Å². The summed E-state index contributed by atoms with van der Waals surface area (Å²) in [6.45, 7) is 2.87. The van der Waals surface area contributed by atoms with Crippen molar-refractivity contribution >= 4 is 11.6 Å². The van der Waals surface area contributed by atoms with Gasteiger partial charge in [-0.25, -0.2) is 0 Å². The summed E-state index contributed by atoms with van der Waals surface area (Å²) in [5, 5.41) is 2.89. The van der Waals surface area contributed by atoms with Gasteiger partial charge in [-0.1, -0.05) is 43.7 Å². The molecule has 3 nitrogen and oxygen atoms in total. The van der Waals surface area contributed by atoms with E-state index in [2.05, 4.69) is 12.2 Å². The number of unbranched alkanes of at least 4 members (excludes halogenated alkanes) is 1. The van der Waals surface area contributed by atoms with Gasteiger partial charge in [-0.2, -0.15) is 0 Å². The molecule has 2 aromatic rings. The maximum atomic E-state index is 11.9. The Kier molecular flexibility index (Phi) is 5.83. The van der Waals surface area contributed by atoms with Crippen LogP contribution in [0.2, 0.25) is 0 Å². The molecule has 0 heterocycles. The van der Waals surface area contributed by atoms with E-state index in [1.165, 1.54) is 0 Å². The van der Waals surface area contributed by atoms with Crippen molar-refractivity contribution < 1.29 is 9.53 Å². The molecule has 3 heteroatoms. The Bertz CT molecular complexity index is 549. The van der Waals surface area contributed by atoms with Crippen molar-refractivity contribution in [3.8, 4) is 5.75 Å². The number of hydrogen-bond acceptors (Lipinski definition) is 2. The lowest BCUT2D eigenvalue weighted by Crippen LogP contribution is -2.14. The minimum atomic E-state index is -0.0131. The maximum Gasteiger partial charge on any atom is 0.228 e. The molecule has 110 valence electrons. The molecule has 2 aromatic carbocycles. The van der Waals surface area contributed by atoms with Gasteiger partial charge < -0.3 is 10.1 Å². The van der Waals surface area contributed by atoms with Crippen molar-refractivity contribution in [1.82, 2.24) is 0 Å². The molecule has 0 saturated heterocycles. The molecule has 0 spiro atoms. The average molecular weight is 283 g/mol. The van der Waals surface area contributed by atoms with Crippen LogP contribution in [-0.2, 0) is 11.2 Å². The molecule has 2 rings (SSSR count). The third kappa shape index (κ3) is 5.30. The van der Waals surface area contributed by atoms with Crippen molar-refractivity contribution in [2.75, 3.05) is 11.9 Å². The van der Waals surface area contributed by atoms with Crippen LogP contribution in [0.5, 0.6) is 5.75 Å². The van der Waals surface area contributed by atoms with Crippen molar-refractivity contribution in [3.05, 3.63) is 60.2 Å². The molecule has 1 amide bonds. The van der Waals surface area contributed by atoms with Gasteiger partial charge in [0.2, 0.25) is 5.91 Å². The molecule has 0 aliphatic heterocycles. The molecule has 0 radical (unpaired) electrons. The minimum absolute atomic E-state index is 0.0131. The number of rotatable bonds is 7. The summed E-state index contributed by atoms with van der Waals surface area (Å²) in [6, 6.07) is 17.2. The van der Waals surface area contributed by atoms with Crippen LogP contribution in [-0.4, -0.2) is 12.5 Å². The lowest BCUT2D eigenvalue weighted by Gasteiger charge is -2.08. The lowest BCUT2D eigenvalue weighted by atomic mass is 10.1. The molecular formula is C18H21NO2. The molecule has 0 bridgehead atoms. The van der Waals surface area contributed by atoms with E-state index in [9.17, 15) is 4.79 Å². The zero-order chi connectivity index (χ0) is 14.9. The van der Waals surface area contributed by atoms with E-state index >= 15 is 0 Å². The second-order valence-electron chi connectivity index (χ2n) is 4.94. The molecule has 1 N–H and O–H groups in total. The Balaban J connectivity index is 1.83. The smallest absolute Gasteiger partial charge is 0.228 e. The van der Waals surface area contributed by atoms with E-state index in [4.69, 9.17) is 4.74 Å². The summed E-state index contributed by atoms with van der Waals surface area (Å²) < 4.78 is 5.59. The van der Waals surface area contributed by atoms with E-state index in [0.29, 0.717) is 6.42 Å². The topological polar surface area (TPSA) is 38.3 Å². The highest BCUT2D eigenvalue weighted by atomic mass is 16.5. The predicted molar refractivity (Wildman–Crippen MR) is 85.6 cm³/mol. The molecule has 0 saturated carbocycles. The molecule has 0 aromatic heterocycles. The maximum absolute atomic E-state index is 11.9. The summed E-state index contributed by atoms with van der Waals surface area (Å²) in [5.74, 6) is 0.824. The van der Waals surface area contributed by atoms with Crippen LogP contribution in [0.4, 0.5) is 5.69 Å². The quantitative estimate of drug-likeness (QED) is 0.779. The second-order valence-corrected chi connectivity index (χ2v) is 4.94. The van der Waals surface area contributed by atoms with E-state index < -0.39 is 0 Å². The summed E-state index contributed by atoms with van der Waals surface area (Å²) in [7, 11) is 0. The van der Waals surface area contributed by atoms with Gasteiger partial charge in [0.15, 0.2) is 0 Å². The average Bonchev–Trinajstić information content (AvgIpc) is 2.50. The van der Waals surface area contributed by atoms with Gasteiger partial charge in [-0.15, -0.1) is 0 Å². The Hall–Kier alpha value is -2.29. The van der Waals surface area contributed by atoms with Crippen LogP contribution in [0, 0.1) is 0 Å². The molecule has 0 aliphatic carbocycles. The first-order chi connectivity index (χ1) is 10.3. The minimum Gasteiger partial charge on any atom is -0.494 e. The third-order valence-electron chi connectivity index (χ3n) is 3.11. The van der Waals surface area contributed by atoms with Gasteiger partial charge in [0.1, 0.15) is 5.75 Å². The van der Waals surface area contributed by atoms with Crippen LogP contribution in [0.1, 0.15) is 25.3 Å². The number of amides is 1. The number of carbonyl (C=O) groups is 1. The van der Waals surface area contributed by atoms with Crippen molar-refractivity contribution in [2.45, 2.75) is 26.2 Å². The second kappa shape index (κ2) is 8.10. The van der Waals surface area contributed by atoms with Crippen LogP contribution in [0.3, 0.4) is 0 Å². The van der Waals surface area contributed by atoms with E-state index in [0.717, 1.165) is 36.4 Å². The van der Waals surface area contributed by atoms with E-state index in [-0.39, 0.29) is 5.91 Å². The summed E-state index contributed by atoms with van der Waals surface area (Å²) in [4.78, 5) is 11.9. The van der Waals surface area contributed by atoms with Crippen LogP contribution in [0.15, 0.2) is 54.6 Å². The number of hydrogen-bond donors (Lipinski definition) is 1. The lowest BCUT2D eigenvalue weighted by molar-refractivity contribution is -0.115. The SMILES string of the molecule is CCCCOc1ccc(NC(=O)Cc2ccccc2)cc1. The number of ether oxygens (including phenoxy) is 1. The molecule has 21 heavy (non-hydrogen) atoms. The zero-order valence-electron chi connectivity index (χ0n) is 12.3.